The molecule has 0 heterocycles. The van der Waals surface area contributed by atoms with Crippen LogP contribution in [0.1, 0.15) is 0 Å². The first-order valence-electron chi connectivity index (χ1n) is 7.23. The zero-order valence-electron chi connectivity index (χ0n) is 12.6. The number of benzene rings is 3. The van der Waals surface area contributed by atoms with Gasteiger partial charge in [0.15, 0.2) is 7.14 Å². The summed E-state index contributed by atoms with van der Waals surface area (Å²) in [6, 6.07) is 21.3. The topological polar surface area (TPSA) is 80.4 Å². The van der Waals surface area contributed by atoms with Gasteiger partial charge in [-0.05, 0) is 6.07 Å². The standard InChI is InChI=1S/C18H14NO4P/c20-17-13-14(19(21)22)11-12-18(17)24(23,15-7-3-1-4-8-15)16-9-5-2-6-10-16/h1-13,20H. The molecule has 3 aromatic rings. The molecule has 6 heteroatoms. The fraction of sp³-hybridized carbons (Fsp3) is 0. The summed E-state index contributed by atoms with van der Waals surface area (Å²) in [6.07, 6.45) is 0. The number of nitro groups is 1. The van der Waals surface area contributed by atoms with Gasteiger partial charge >= 0.3 is 0 Å². The molecule has 0 saturated carbocycles. The molecule has 0 atom stereocenters. The fourth-order valence-electron chi connectivity index (χ4n) is 2.59. The van der Waals surface area contributed by atoms with Crippen LogP contribution in [0.25, 0.3) is 0 Å². The second-order valence-electron chi connectivity index (χ2n) is 5.21. The quantitative estimate of drug-likeness (QED) is 0.450. The third kappa shape index (κ3) is 2.70. The number of non-ortho nitro benzene ring substituents is 1. The van der Waals surface area contributed by atoms with Crippen molar-refractivity contribution in [2.45, 2.75) is 0 Å². The maximum Gasteiger partial charge on any atom is 0.273 e. The number of rotatable bonds is 4. The van der Waals surface area contributed by atoms with E-state index < -0.39 is 12.1 Å². The zero-order valence-corrected chi connectivity index (χ0v) is 13.5. The van der Waals surface area contributed by atoms with Crippen molar-refractivity contribution in [1.82, 2.24) is 0 Å². The molecule has 0 aromatic heterocycles. The molecule has 0 fully saturated rings. The van der Waals surface area contributed by atoms with Gasteiger partial charge in [0.1, 0.15) is 5.75 Å². The summed E-state index contributed by atoms with van der Waals surface area (Å²) in [5.41, 5.74) is -0.246. The Balaban J connectivity index is 2.28. The number of hydrogen-bond acceptors (Lipinski definition) is 4. The Morgan fingerprint density at radius 1 is 0.833 bits per heavy atom. The monoisotopic (exact) mass is 339 g/mol. The molecule has 0 aliphatic carbocycles. The van der Waals surface area contributed by atoms with Gasteiger partial charge in [-0.1, -0.05) is 60.7 Å². The largest absolute Gasteiger partial charge is 0.507 e. The lowest BCUT2D eigenvalue weighted by Gasteiger charge is -2.20. The van der Waals surface area contributed by atoms with Crippen molar-refractivity contribution in [2.75, 3.05) is 0 Å². The summed E-state index contributed by atoms with van der Waals surface area (Å²) >= 11 is 0. The Morgan fingerprint density at radius 2 is 1.33 bits per heavy atom. The van der Waals surface area contributed by atoms with E-state index in [4.69, 9.17) is 0 Å². The van der Waals surface area contributed by atoms with Gasteiger partial charge in [-0.15, -0.1) is 0 Å². The van der Waals surface area contributed by atoms with Gasteiger partial charge in [-0.2, -0.15) is 0 Å². The number of phenolic OH excluding ortho intramolecular Hbond substituents is 1. The predicted molar refractivity (Wildman–Crippen MR) is 94.2 cm³/mol. The van der Waals surface area contributed by atoms with E-state index in [1.165, 1.54) is 12.1 Å². The molecule has 0 radical (unpaired) electrons. The second kappa shape index (κ2) is 6.30. The third-order valence-electron chi connectivity index (χ3n) is 3.75. The Kier molecular flexibility index (Phi) is 4.19. The maximum atomic E-state index is 14.0. The summed E-state index contributed by atoms with van der Waals surface area (Å²) in [5, 5.41) is 22.5. The molecule has 0 amide bonds. The SMILES string of the molecule is O=[N+]([O-])c1ccc(P(=O)(c2ccccc2)c2ccccc2)c(O)c1. The highest BCUT2D eigenvalue weighted by atomic mass is 31.2. The Morgan fingerprint density at radius 3 is 1.75 bits per heavy atom. The first kappa shape index (κ1) is 16.0. The summed E-state index contributed by atoms with van der Waals surface area (Å²) in [6.45, 7) is 0. The molecule has 0 saturated heterocycles. The van der Waals surface area contributed by atoms with Crippen molar-refractivity contribution < 1.29 is 14.6 Å². The molecule has 24 heavy (non-hydrogen) atoms. The maximum absolute atomic E-state index is 14.0. The van der Waals surface area contributed by atoms with Crippen molar-refractivity contribution in [1.29, 1.82) is 0 Å². The van der Waals surface area contributed by atoms with Gasteiger partial charge in [0.05, 0.1) is 16.3 Å². The third-order valence-corrected chi connectivity index (χ3v) is 6.86. The van der Waals surface area contributed by atoms with Gasteiger partial charge in [0.2, 0.25) is 0 Å². The average molecular weight is 339 g/mol. The van der Waals surface area contributed by atoms with Gasteiger partial charge in [0.25, 0.3) is 5.69 Å². The first-order valence-corrected chi connectivity index (χ1v) is 8.93. The Hall–Kier alpha value is -2.91. The lowest BCUT2D eigenvalue weighted by atomic mass is 10.3. The van der Waals surface area contributed by atoms with Crippen LogP contribution in [0.2, 0.25) is 0 Å². The number of aromatic hydroxyl groups is 1. The number of phenols is 1. The van der Waals surface area contributed by atoms with Crippen LogP contribution in [-0.4, -0.2) is 10.0 Å². The van der Waals surface area contributed by atoms with E-state index >= 15 is 0 Å². The molecule has 0 spiro atoms. The zero-order chi connectivity index (χ0) is 17.2. The van der Waals surface area contributed by atoms with E-state index in [1.54, 1.807) is 48.5 Å². The molecular weight excluding hydrogens is 325 g/mol. The number of nitrogens with zero attached hydrogens (tertiary/aromatic N) is 1. The van der Waals surface area contributed by atoms with Crippen LogP contribution in [0.4, 0.5) is 5.69 Å². The van der Waals surface area contributed by atoms with Crippen molar-refractivity contribution >= 4 is 28.7 Å². The van der Waals surface area contributed by atoms with Crippen molar-refractivity contribution in [3.05, 3.63) is 89.0 Å². The molecule has 120 valence electrons. The average Bonchev–Trinajstić information content (AvgIpc) is 2.62. The van der Waals surface area contributed by atoms with E-state index in [0.29, 0.717) is 10.6 Å². The van der Waals surface area contributed by atoms with Crippen molar-refractivity contribution in [3.63, 3.8) is 0 Å². The summed E-state index contributed by atoms with van der Waals surface area (Å²) in [5.74, 6) is -0.347. The van der Waals surface area contributed by atoms with E-state index in [-0.39, 0.29) is 16.7 Å². The van der Waals surface area contributed by atoms with Crippen molar-refractivity contribution in [2.24, 2.45) is 0 Å². The van der Waals surface area contributed by atoms with Crippen LogP contribution in [0, 0.1) is 10.1 Å². The molecule has 0 unspecified atom stereocenters. The predicted octanol–water partition coefficient (Wildman–Crippen LogP) is 2.94. The van der Waals surface area contributed by atoms with Gasteiger partial charge in [0, 0.05) is 16.7 Å². The molecule has 3 rings (SSSR count). The normalized spacial score (nSPS) is 11.2. The van der Waals surface area contributed by atoms with E-state index in [9.17, 15) is 19.8 Å². The van der Waals surface area contributed by atoms with Crippen LogP contribution < -0.4 is 15.9 Å². The molecule has 0 aliphatic rings. The summed E-state index contributed by atoms with van der Waals surface area (Å²) < 4.78 is 14.0. The Labute approximate surface area is 138 Å². The van der Waals surface area contributed by atoms with E-state index in [0.717, 1.165) is 6.07 Å². The molecule has 1 N–H and O–H groups in total. The molecule has 0 bridgehead atoms. The van der Waals surface area contributed by atoms with Crippen LogP contribution >= 0.6 is 7.14 Å². The number of nitro benzene ring substituents is 1. The van der Waals surface area contributed by atoms with Crippen LogP contribution in [0.3, 0.4) is 0 Å². The molecule has 0 aliphatic heterocycles. The number of hydrogen-bond donors (Lipinski definition) is 1. The van der Waals surface area contributed by atoms with Crippen LogP contribution in [0.5, 0.6) is 5.75 Å². The highest BCUT2D eigenvalue weighted by Gasteiger charge is 2.32. The summed E-state index contributed by atoms with van der Waals surface area (Å²) in [7, 11) is -3.34. The molecular formula is C18H14NO4P. The van der Waals surface area contributed by atoms with Crippen molar-refractivity contribution in [3.8, 4) is 5.75 Å². The second-order valence-corrected chi connectivity index (χ2v) is 7.94. The minimum absolute atomic E-state index is 0.186. The van der Waals surface area contributed by atoms with E-state index in [1.807, 2.05) is 12.1 Å². The summed E-state index contributed by atoms with van der Waals surface area (Å²) in [4.78, 5) is 10.3. The fourth-order valence-corrected chi connectivity index (χ4v) is 5.30. The smallest absolute Gasteiger partial charge is 0.273 e. The van der Waals surface area contributed by atoms with Crippen LogP contribution in [-0.2, 0) is 4.57 Å². The van der Waals surface area contributed by atoms with Gasteiger partial charge in [-0.3, -0.25) is 10.1 Å². The lowest BCUT2D eigenvalue weighted by molar-refractivity contribution is -0.384. The first-order chi connectivity index (χ1) is 11.5. The highest BCUT2D eigenvalue weighted by Crippen LogP contribution is 2.45. The highest BCUT2D eigenvalue weighted by molar-refractivity contribution is 7.85. The molecule has 3 aromatic carbocycles. The van der Waals surface area contributed by atoms with Gasteiger partial charge < -0.3 is 9.67 Å². The Bertz CT molecular complexity index is 883. The minimum Gasteiger partial charge on any atom is -0.507 e. The molecule has 5 nitrogen and oxygen atoms in total. The van der Waals surface area contributed by atoms with Gasteiger partial charge in [-0.25, -0.2) is 0 Å². The lowest BCUT2D eigenvalue weighted by Crippen LogP contribution is -2.25. The minimum atomic E-state index is -3.34. The van der Waals surface area contributed by atoms with E-state index in [2.05, 4.69) is 0 Å². The van der Waals surface area contributed by atoms with Crippen LogP contribution in [0.15, 0.2) is 78.9 Å².